The molecule has 0 bridgehead atoms. The number of nitrogens with zero attached hydrogens (tertiary/aromatic N) is 4. The van der Waals surface area contributed by atoms with Gasteiger partial charge in [0, 0.05) is 50.3 Å². The van der Waals surface area contributed by atoms with Crippen LogP contribution in [-0.2, 0) is 26.5 Å². The molecule has 0 fully saturated rings. The minimum absolute atomic E-state index is 0. The number of benzene rings is 5. The van der Waals surface area contributed by atoms with Crippen LogP contribution < -0.4 is 0 Å². The molecule has 0 spiro atoms. The zero-order chi connectivity index (χ0) is 32.1. The number of aromatic hydroxyl groups is 1. The molecule has 0 atom stereocenters. The van der Waals surface area contributed by atoms with Crippen LogP contribution >= 0.6 is 0 Å². The van der Waals surface area contributed by atoms with Crippen LogP contribution in [0.25, 0.3) is 55.9 Å². The van der Waals surface area contributed by atoms with E-state index in [1.807, 2.05) is 85.1 Å². The molecule has 8 aromatic rings. The number of para-hydroxylation sites is 3. The van der Waals surface area contributed by atoms with Crippen LogP contribution in [0.3, 0.4) is 0 Å². The molecule has 5 aromatic carbocycles. The van der Waals surface area contributed by atoms with Crippen LogP contribution in [0.15, 0.2) is 158 Å². The van der Waals surface area contributed by atoms with Crippen molar-refractivity contribution in [2.75, 3.05) is 0 Å². The molecule has 0 unspecified atom stereocenters. The number of phenols is 1. The van der Waals surface area contributed by atoms with E-state index in [4.69, 9.17) is 15.0 Å². The van der Waals surface area contributed by atoms with Gasteiger partial charge in [0.2, 0.25) is 0 Å². The minimum Gasteiger partial charge on any atom is -0.507 e. The Morgan fingerprint density at radius 1 is 0.490 bits per heavy atom. The summed E-state index contributed by atoms with van der Waals surface area (Å²) in [6.07, 6.45) is 3.55. The third-order valence-electron chi connectivity index (χ3n) is 9.26. The van der Waals surface area contributed by atoms with E-state index in [9.17, 15) is 5.11 Å². The van der Waals surface area contributed by atoms with Gasteiger partial charge >= 0.3 is 0 Å². The van der Waals surface area contributed by atoms with E-state index < -0.39 is 5.41 Å². The molecule has 5 nitrogen and oxygen atoms in total. The molecule has 3 aromatic heterocycles. The van der Waals surface area contributed by atoms with Crippen molar-refractivity contribution in [2.24, 2.45) is 0 Å². The maximum absolute atomic E-state index is 11.6. The smallest absolute Gasteiger partial charge is 0.134 e. The van der Waals surface area contributed by atoms with Gasteiger partial charge in [-0.25, -0.2) is 0 Å². The maximum atomic E-state index is 11.6. The van der Waals surface area contributed by atoms with Crippen molar-refractivity contribution in [3.8, 4) is 50.6 Å². The number of pyridine rings is 2. The third-order valence-corrected chi connectivity index (χ3v) is 9.26. The fourth-order valence-electron chi connectivity index (χ4n) is 7.14. The van der Waals surface area contributed by atoms with Gasteiger partial charge in [-0.3, -0.25) is 19.9 Å². The Labute approximate surface area is 298 Å². The van der Waals surface area contributed by atoms with E-state index in [1.54, 1.807) is 6.20 Å². The Balaban J connectivity index is 0.00000348. The minimum atomic E-state index is -0.794. The van der Waals surface area contributed by atoms with Gasteiger partial charge in [-0.15, -0.1) is 35.4 Å². The van der Waals surface area contributed by atoms with Crippen LogP contribution in [-0.4, -0.2) is 25.0 Å². The normalized spacial score (nSPS) is 12.6. The Kier molecular flexibility index (Phi) is 7.70. The third kappa shape index (κ3) is 4.89. The standard InChI is InChI=1S/C43H27N4O.Pt/c48-42-32(36-20-7-8-25-44-36)16-10-17-33(42)37-23-11-24-41(47-37)43(34-18-3-1-14-30(34)31-15-2-4-19-35(31)43)29-13-9-12-28(26-29)40-27-45-38-21-5-6-22-39(38)46-40;/h1-25,27,48H;/q-1;. The van der Waals surface area contributed by atoms with Gasteiger partial charge in [0.1, 0.15) is 5.75 Å². The average molecular weight is 811 g/mol. The molecule has 49 heavy (non-hydrogen) atoms. The van der Waals surface area contributed by atoms with Gasteiger partial charge in [0.25, 0.3) is 0 Å². The fraction of sp³-hybridized carbons (Fsp3) is 0.0233. The molecule has 0 amide bonds. The summed E-state index contributed by atoms with van der Waals surface area (Å²) in [5.41, 5.74) is 11.5. The van der Waals surface area contributed by atoms with Crippen LogP contribution in [0.1, 0.15) is 22.4 Å². The monoisotopic (exact) mass is 810 g/mol. The topological polar surface area (TPSA) is 71.8 Å². The van der Waals surface area contributed by atoms with Gasteiger partial charge in [-0.05, 0) is 70.8 Å². The first kappa shape index (κ1) is 30.6. The Hall–Kier alpha value is -5.77. The Morgan fingerprint density at radius 3 is 1.86 bits per heavy atom. The number of fused-ring (bicyclic) bond motifs is 4. The van der Waals surface area contributed by atoms with E-state index in [2.05, 4.69) is 77.8 Å². The van der Waals surface area contributed by atoms with Crippen molar-refractivity contribution in [3.05, 3.63) is 186 Å². The molecule has 0 saturated heterocycles. The predicted octanol–water partition coefficient (Wildman–Crippen LogP) is 9.29. The molecule has 1 aliphatic carbocycles. The summed E-state index contributed by atoms with van der Waals surface area (Å²) in [4.78, 5) is 19.5. The second-order valence-electron chi connectivity index (χ2n) is 11.9. The van der Waals surface area contributed by atoms with E-state index >= 15 is 0 Å². The number of aromatic nitrogens is 4. The Morgan fingerprint density at radius 2 is 1.10 bits per heavy atom. The summed E-state index contributed by atoms with van der Waals surface area (Å²) < 4.78 is 0. The van der Waals surface area contributed by atoms with Crippen molar-refractivity contribution in [1.82, 2.24) is 19.9 Å². The second-order valence-corrected chi connectivity index (χ2v) is 11.9. The first-order chi connectivity index (χ1) is 23.7. The van der Waals surface area contributed by atoms with Crippen molar-refractivity contribution in [1.29, 1.82) is 0 Å². The first-order valence-electron chi connectivity index (χ1n) is 15.9. The summed E-state index contributed by atoms with van der Waals surface area (Å²) in [6.45, 7) is 0. The molecule has 0 aliphatic heterocycles. The average Bonchev–Trinajstić information content (AvgIpc) is 3.46. The number of hydrogen-bond acceptors (Lipinski definition) is 5. The zero-order valence-corrected chi connectivity index (χ0v) is 28.3. The maximum Gasteiger partial charge on any atom is 0.134 e. The van der Waals surface area contributed by atoms with Crippen molar-refractivity contribution in [3.63, 3.8) is 0 Å². The van der Waals surface area contributed by atoms with E-state index in [0.29, 0.717) is 22.5 Å². The molecule has 9 rings (SSSR count). The fourth-order valence-corrected chi connectivity index (χ4v) is 7.14. The summed E-state index contributed by atoms with van der Waals surface area (Å²) in [5, 5.41) is 11.6. The molecule has 1 aliphatic rings. The molecular formula is C43H27N4OPt-. The quantitative estimate of drug-likeness (QED) is 0.176. The van der Waals surface area contributed by atoms with Gasteiger partial charge in [0.05, 0.1) is 33.5 Å². The second kappa shape index (κ2) is 12.4. The Bertz CT molecular complexity index is 2450. The zero-order valence-electron chi connectivity index (χ0n) is 26.1. The molecule has 0 saturated carbocycles. The van der Waals surface area contributed by atoms with Gasteiger partial charge in [-0.1, -0.05) is 78.9 Å². The summed E-state index contributed by atoms with van der Waals surface area (Å²) in [7, 11) is 0. The molecule has 1 N–H and O–H groups in total. The van der Waals surface area contributed by atoms with E-state index in [0.717, 1.165) is 55.8 Å². The molecule has 6 heteroatoms. The van der Waals surface area contributed by atoms with Crippen molar-refractivity contribution in [2.45, 2.75) is 5.41 Å². The van der Waals surface area contributed by atoms with Gasteiger partial charge in [0.15, 0.2) is 0 Å². The number of phenolic OH excluding ortho intramolecular Hbond substituents is 1. The predicted molar refractivity (Wildman–Crippen MR) is 189 cm³/mol. The van der Waals surface area contributed by atoms with Crippen LogP contribution in [0.4, 0.5) is 0 Å². The van der Waals surface area contributed by atoms with Crippen molar-refractivity contribution < 1.29 is 26.2 Å². The van der Waals surface area contributed by atoms with E-state index in [-0.39, 0.29) is 26.8 Å². The van der Waals surface area contributed by atoms with E-state index in [1.165, 1.54) is 0 Å². The molecule has 0 radical (unpaired) electrons. The summed E-state index contributed by atoms with van der Waals surface area (Å²) >= 11 is 0. The van der Waals surface area contributed by atoms with Crippen LogP contribution in [0.5, 0.6) is 5.75 Å². The molecular weight excluding hydrogens is 784 g/mol. The first-order valence-corrected chi connectivity index (χ1v) is 15.9. The molecule has 3 heterocycles. The number of rotatable bonds is 5. The SMILES string of the molecule is Oc1c(-c2ccccn2)cccc1-c1cccc(C2(c3[c-]c(-c4cnc5ccccc5n4)ccc3)c3ccccc3-c3ccccc32)n1.[Pt]. The largest absolute Gasteiger partial charge is 0.507 e. The van der Waals surface area contributed by atoms with Crippen LogP contribution in [0, 0.1) is 6.07 Å². The van der Waals surface area contributed by atoms with Crippen LogP contribution in [0.2, 0.25) is 0 Å². The van der Waals surface area contributed by atoms with Gasteiger partial charge < -0.3 is 5.11 Å². The van der Waals surface area contributed by atoms with Crippen molar-refractivity contribution >= 4 is 11.0 Å². The summed E-state index contributed by atoms with van der Waals surface area (Å²) in [5.74, 6) is 0.144. The summed E-state index contributed by atoms with van der Waals surface area (Å²) in [6, 6.07) is 52.5. The molecule has 236 valence electrons. The number of hydrogen-bond donors (Lipinski definition) is 1. The van der Waals surface area contributed by atoms with Gasteiger partial charge in [-0.2, -0.15) is 0 Å².